The number of nitrogens with zero attached hydrogens (tertiary/aromatic N) is 3. The second-order valence-electron chi connectivity index (χ2n) is 11.0. The van der Waals surface area contributed by atoms with Crippen LogP contribution >= 0.6 is 0 Å². The van der Waals surface area contributed by atoms with E-state index in [1.807, 2.05) is 18.9 Å². The van der Waals surface area contributed by atoms with Gasteiger partial charge in [-0.1, -0.05) is 30.3 Å². The number of aliphatic hydroxyl groups excluding tert-OH is 1. The van der Waals surface area contributed by atoms with E-state index in [4.69, 9.17) is 9.26 Å². The van der Waals surface area contributed by atoms with Crippen LogP contribution in [-0.4, -0.2) is 70.9 Å². The lowest BCUT2D eigenvalue weighted by Gasteiger charge is -2.38. The van der Waals surface area contributed by atoms with Crippen LogP contribution in [0.5, 0.6) is 5.75 Å². The first-order chi connectivity index (χ1) is 20.3. The summed E-state index contributed by atoms with van der Waals surface area (Å²) in [6.07, 6.45) is -4.90. The molecular formula is C30H36F3N5O5. The molecule has 0 unspecified atom stereocenters. The van der Waals surface area contributed by atoms with Crippen molar-refractivity contribution in [3.8, 4) is 5.75 Å². The number of benzene rings is 2. The Kier molecular flexibility index (Phi) is 9.65. The Bertz CT molecular complexity index is 1420. The molecule has 43 heavy (non-hydrogen) atoms. The number of likely N-dealkylation sites (N-methyl/N-ethyl adjacent to an activating group) is 1. The highest BCUT2D eigenvalue weighted by Gasteiger charge is 2.35. The number of hydrogen-bond acceptors (Lipinski definition) is 7. The van der Waals surface area contributed by atoms with Crippen molar-refractivity contribution < 1.29 is 37.1 Å². The van der Waals surface area contributed by atoms with E-state index in [2.05, 4.69) is 15.8 Å². The van der Waals surface area contributed by atoms with Crippen LogP contribution in [-0.2, 0) is 12.7 Å². The number of fused-ring (bicyclic) bond motifs is 1. The first-order valence-electron chi connectivity index (χ1n) is 13.9. The molecule has 13 heteroatoms. The molecular weight excluding hydrogens is 567 g/mol. The van der Waals surface area contributed by atoms with E-state index in [9.17, 15) is 27.9 Å². The normalized spacial score (nSPS) is 18.0. The smallest absolute Gasteiger partial charge is 0.416 e. The van der Waals surface area contributed by atoms with Crippen molar-refractivity contribution in [1.29, 1.82) is 0 Å². The number of carbonyl (C=O) groups is 2. The highest BCUT2D eigenvalue weighted by molar-refractivity contribution is 6.04. The molecule has 0 radical (unpaired) electrons. The Morgan fingerprint density at radius 2 is 1.88 bits per heavy atom. The quantitative estimate of drug-likeness (QED) is 0.319. The molecule has 0 aliphatic carbocycles. The highest BCUT2D eigenvalue weighted by atomic mass is 19.4. The van der Waals surface area contributed by atoms with Gasteiger partial charge < -0.3 is 29.9 Å². The molecule has 0 bridgehead atoms. The van der Waals surface area contributed by atoms with Crippen LogP contribution in [0.2, 0.25) is 0 Å². The summed E-state index contributed by atoms with van der Waals surface area (Å²) in [6.45, 7) is 7.79. The molecule has 2 heterocycles. The third kappa shape index (κ3) is 7.46. The first-order valence-corrected chi connectivity index (χ1v) is 13.9. The third-order valence-corrected chi connectivity index (χ3v) is 7.44. The average molecular weight is 604 g/mol. The van der Waals surface area contributed by atoms with Crippen molar-refractivity contribution >= 4 is 23.3 Å². The van der Waals surface area contributed by atoms with E-state index < -0.39 is 29.9 Å². The van der Waals surface area contributed by atoms with Gasteiger partial charge in [-0.15, -0.1) is 0 Å². The molecule has 3 atom stereocenters. The molecule has 232 valence electrons. The summed E-state index contributed by atoms with van der Waals surface area (Å²) in [7, 11) is 1.83. The molecule has 1 aliphatic rings. The summed E-state index contributed by atoms with van der Waals surface area (Å²) in [4.78, 5) is 30.2. The van der Waals surface area contributed by atoms with Crippen LogP contribution in [0.1, 0.15) is 46.8 Å². The van der Waals surface area contributed by atoms with Gasteiger partial charge in [-0.05, 0) is 57.6 Å². The van der Waals surface area contributed by atoms with E-state index in [1.54, 1.807) is 43.9 Å². The van der Waals surface area contributed by atoms with Gasteiger partial charge in [-0.2, -0.15) is 13.2 Å². The Morgan fingerprint density at radius 3 is 2.49 bits per heavy atom. The molecule has 3 amide bonds. The molecule has 1 aliphatic heterocycles. The second kappa shape index (κ2) is 13.0. The van der Waals surface area contributed by atoms with Gasteiger partial charge >= 0.3 is 12.2 Å². The maximum atomic E-state index is 13.7. The van der Waals surface area contributed by atoms with Crippen LogP contribution in [0.15, 0.2) is 47.0 Å². The number of para-hydroxylation sites is 1. The van der Waals surface area contributed by atoms with Gasteiger partial charge in [0.05, 0.1) is 29.5 Å². The molecule has 0 spiro atoms. The number of hydrogen-bond donors (Lipinski definition) is 3. The first kappa shape index (κ1) is 31.8. The van der Waals surface area contributed by atoms with Gasteiger partial charge in [0.25, 0.3) is 5.91 Å². The maximum absolute atomic E-state index is 13.7. The monoisotopic (exact) mass is 603 g/mol. The fourth-order valence-electron chi connectivity index (χ4n) is 4.97. The van der Waals surface area contributed by atoms with Crippen LogP contribution < -0.4 is 15.4 Å². The fourth-order valence-corrected chi connectivity index (χ4v) is 4.97. The lowest BCUT2D eigenvalue weighted by atomic mass is 9.98. The fraction of sp³-hybridized carbons (Fsp3) is 0.433. The Balaban J connectivity index is 1.61. The molecule has 4 rings (SSSR count). The van der Waals surface area contributed by atoms with Gasteiger partial charge in [0.1, 0.15) is 17.5 Å². The minimum Gasteiger partial charge on any atom is -0.486 e. The zero-order chi connectivity index (χ0) is 31.5. The predicted molar refractivity (Wildman–Crippen MR) is 154 cm³/mol. The number of aryl methyl sites for hydroxylation is 2. The van der Waals surface area contributed by atoms with Crippen LogP contribution in [0.3, 0.4) is 0 Å². The zero-order valence-corrected chi connectivity index (χ0v) is 24.7. The van der Waals surface area contributed by atoms with E-state index in [-0.39, 0.29) is 35.4 Å². The molecule has 1 aromatic heterocycles. The van der Waals surface area contributed by atoms with E-state index in [0.717, 1.165) is 12.1 Å². The van der Waals surface area contributed by atoms with Gasteiger partial charge in [-0.25, -0.2) is 4.79 Å². The Hall–Kier alpha value is -4.10. The van der Waals surface area contributed by atoms with Crippen molar-refractivity contribution in [2.75, 3.05) is 37.4 Å². The van der Waals surface area contributed by atoms with Crippen molar-refractivity contribution in [3.05, 3.63) is 70.6 Å². The summed E-state index contributed by atoms with van der Waals surface area (Å²) >= 11 is 0. The molecule has 3 aromatic rings. The molecule has 0 saturated heterocycles. The summed E-state index contributed by atoms with van der Waals surface area (Å²) in [5.41, 5.74) is 1.38. The molecule has 10 nitrogen and oxygen atoms in total. The number of carbonyl (C=O) groups excluding carboxylic acids is 2. The molecule has 3 N–H and O–H groups in total. The SMILES string of the molecule is Cc1noc(C)c1NC(=O)Nc1cccc2c1O[C@H](CN(C)Cc1ccc(C(F)(F)F)cc1)[C@@H](C)CN([C@@H](C)CO)C2=O. The highest BCUT2D eigenvalue weighted by Crippen LogP contribution is 2.35. The second-order valence-corrected chi connectivity index (χ2v) is 11.0. The lowest BCUT2D eigenvalue weighted by Crippen LogP contribution is -2.49. The van der Waals surface area contributed by atoms with Gasteiger partial charge in [0.15, 0.2) is 11.5 Å². The summed E-state index contributed by atoms with van der Waals surface area (Å²) in [5.74, 6) is 0.0391. The number of urea groups is 1. The average Bonchev–Trinajstić information content (AvgIpc) is 3.26. The number of nitrogens with one attached hydrogen (secondary N) is 2. The van der Waals surface area contributed by atoms with Crippen LogP contribution in [0, 0.1) is 19.8 Å². The minimum atomic E-state index is -4.41. The molecule has 0 fully saturated rings. The number of rotatable bonds is 8. The third-order valence-electron chi connectivity index (χ3n) is 7.44. The lowest BCUT2D eigenvalue weighted by molar-refractivity contribution is -0.137. The Labute approximate surface area is 247 Å². The van der Waals surface area contributed by atoms with Crippen molar-refractivity contribution in [1.82, 2.24) is 15.0 Å². The Morgan fingerprint density at radius 1 is 1.19 bits per heavy atom. The van der Waals surface area contributed by atoms with E-state index in [1.165, 1.54) is 12.1 Å². The van der Waals surface area contributed by atoms with Crippen molar-refractivity contribution in [2.24, 2.45) is 5.92 Å². The maximum Gasteiger partial charge on any atom is 0.416 e. The van der Waals surface area contributed by atoms with E-state index in [0.29, 0.717) is 42.3 Å². The predicted octanol–water partition coefficient (Wildman–Crippen LogP) is 5.31. The number of alkyl halides is 3. The summed E-state index contributed by atoms with van der Waals surface area (Å²) in [5, 5.41) is 19.2. The topological polar surface area (TPSA) is 120 Å². The van der Waals surface area contributed by atoms with Crippen molar-refractivity contribution in [2.45, 2.75) is 52.6 Å². The van der Waals surface area contributed by atoms with Crippen LogP contribution in [0.4, 0.5) is 29.3 Å². The number of anilines is 2. The van der Waals surface area contributed by atoms with Gasteiger partial charge in [0.2, 0.25) is 0 Å². The standard InChI is InChI=1S/C30H36F3N5O5/c1-17-13-38(18(2)16-39)28(40)23-7-6-8-24(34-29(41)35-26-19(3)36-43-20(26)4)27(23)42-25(17)15-37(5)14-21-9-11-22(12-10-21)30(31,32)33/h6-12,17-18,25,39H,13-16H2,1-5H3,(H2,34,35,41)/t17-,18-,25+/m0/s1. The number of halogens is 3. The molecule has 2 aromatic carbocycles. The number of aromatic nitrogens is 1. The van der Waals surface area contributed by atoms with Gasteiger partial charge in [-0.3, -0.25) is 9.69 Å². The summed E-state index contributed by atoms with van der Waals surface area (Å²) < 4.78 is 50.6. The zero-order valence-electron chi connectivity index (χ0n) is 24.7. The number of aliphatic hydroxyl groups is 1. The molecule has 0 saturated carbocycles. The van der Waals surface area contributed by atoms with Crippen LogP contribution in [0.25, 0.3) is 0 Å². The van der Waals surface area contributed by atoms with E-state index >= 15 is 0 Å². The largest absolute Gasteiger partial charge is 0.486 e. The minimum absolute atomic E-state index is 0.177. The summed E-state index contributed by atoms with van der Waals surface area (Å²) in [6, 6.07) is 8.78. The van der Waals surface area contributed by atoms with Crippen molar-refractivity contribution in [3.63, 3.8) is 0 Å². The number of ether oxygens (including phenoxy) is 1. The van der Waals surface area contributed by atoms with Gasteiger partial charge in [0, 0.05) is 25.6 Å². The number of amides is 3.